The zero-order valence-electron chi connectivity index (χ0n) is 10.8. The Bertz CT molecular complexity index is 453. The predicted molar refractivity (Wildman–Crippen MR) is 73.4 cm³/mol. The molecule has 98 valence electrons. The van der Waals surface area contributed by atoms with E-state index >= 15 is 0 Å². The number of benzene rings is 1. The van der Waals surface area contributed by atoms with Crippen molar-refractivity contribution < 1.29 is 4.79 Å². The van der Waals surface area contributed by atoms with E-state index in [-0.39, 0.29) is 11.9 Å². The average Bonchev–Trinajstić information content (AvgIpc) is 2.76. The van der Waals surface area contributed by atoms with Gasteiger partial charge in [0.15, 0.2) is 0 Å². The van der Waals surface area contributed by atoms with Gasteiger partial charge in [-0.1, -0.05) is 29.8 Å². The van der Waals surface area contributed by atoms with Crippen LogP contribution in [0.4, 0.5) is 0 Å². The molecule has 1 heterocycles. The summed E-state index contributed by atoms with van der Waals surface area (Å²) in [6.45, 7) is 4.25. The molecule has 4 heteroatoms. The smallest absolute Gasteiger partial charge is 0.242 e. The van der Waals surface area contributed by atoms with Crippen molar-refractivity contribution in [1.29, 1.82) is 0 Å². The van der Waals surface area contributed by atoms with Crippen molar-refractivity contribution >= 4 is 17.5 Å². The molecular weight excluding hydrogens is 248 g/mol. The fourth-order valence-corrected chi connectivity index (χ4v) is 2.71. The number of rotatable bonds is 2. The van der Waals surface area contributed by atoms with Crippen molar-refractivity contribution in [2.75, 3.05) is 6.54 Å². The van der Waals surface area contributed by atoms with Gasteiger partial charge >= 0.3 is 0 Å². The molecule has 0 bridgehead atoms. The van der Waals surface area contributed by atoms with Crippen molar-refractivity contribution in [2.45, 2.75) is 38.3 Å². The van der Waals surface area contributed by atoms with E-state index < -0.39 is 5.54 Å². The summed E-state index contributed by atoms with van der Waals surface area (Å²) in [5.74, 6) is -0.00933. The first-order valence-electron chi connectivity index (χ1n) is 6.25. The summed E-state index contributed by atoms with van der Waals surface area (Å²) in [7, 11) is 0. The van der Waals surface area contributed by atoms with Gasteiger partial charge in [0.1, 0.15) is 0 Å². The molecule has 1 aromatic carbocycles. The largest absolute Gasteiger partial charge is 0.334 e. The Balaban J connectivity index is 2.29. The standard InChI is InChI=1S/C14H19ClN2O/c1-14(2,16)13(18)17-9-5-8-12(17)10-6-3-4-7-11(10)15/h3-4,6-7,12H,5,8-9,16H2,1-2H3. The molecule has 1 amide bonds. The van der Waals surface area contributed by atoms with Crippen LogP contribution >= 0.6 is 11.6 Å². The third-order valence-electron chi connectivity index (χ3n) is 3.33. The molecule has 0 spiro atoms. The van der Waals surface area contributed by atoms with Gasteiger partial charge in [-0.2, -0.15) is 0 Å². The summed E-state index contributed by atoms with van der Waals surface area (Å²) < 4.78 is 0. The second-order valence-electron chi connectivity index (χ2n) is 5.40. The van der Waals surface area contributed by atoms with Crippen molar-refractivity contribution in [3.05, 3.63) is 34.9 Å². The summed E-state index contributed by atoms with van der Waals surface area (Å²) in [5.41, 5.74) is 6.11. The number of likely N-dealkylation sites (tertiary alicyclic amines) is 1. The topological polar surface area (TPSA) is 46.3 Å². The van der Waals surface area contributed by atoms with Crippen molar-refractivity contribution in [2.24, 2.45) is 5.73 Å². The van der Waals surface area contributed by atoms with Gasteiger partial charge in [0.05, 0.1) is 11.6 Å². The lowest BCUT2D eigenvalue weighted by Crippen LogP contribution is -2.50. The van der Waals surface area contributed by atoms with Gasteiger partial charge in [-0.15, -0.1) is 0 Å². The third kappa shape index (κ3) is 2.52. The first-order valence-corrected chi connectivity index (χ1v) is 6.63. The van der Waals surface area contributed by atoms with Gasteiger partial charge in [0, 0.05) is 11.6 Å². The van der Waals surface area contributed by atoms with Crippen LogP contribution in [-0.4, -0.2) is 22.9 Å². The lowest BCUT2D eigenvalue weighted by molar-refractivity contribution is -0.136. The molecule has 2 rings (SSSR count). The van der Waals surface area contributed by atoms with E-state index in [0.29, 0.717) is 0 Å². The van der Waals surface area contributed by atoms with E-state index in [1.807, 2.05) is 29.2 Å². The van der Waals surface area contributed by atoms with E-state index in [0.717, 1.165) is 30.0 Å². The van der Waals surface area contributed by atoms with Crippen molar-refractivity contribution in [3.63, 3.8) is 0 Å². The predicted octanol–water partition coefficient (Wildman–Crippen LogP) is 2.74. The Hall–Kier alpha value is -1.06. The van der Waals surface area contributed by atoms with Crippen LogP contribution in [0.5, 0.6) is 0 Å². The summed E-state index contributed by atoms with van der Waals surface area (Å²) in [6.07, 6.45) is 1.95. The zero-order chi connectivity index (χ0) is 13.3. The van der Waals surface area contributed by atoms with Crippen LogP contribution in [0.3, 0.4) is 0 Å². The molecule has 0 radical (unpaired) electrons. The first-order chi connectivity index (χ1) is 8.41. The number of hydrogen-bond acceptors (Lipinski definition) is 2. The molecule has 0 aromatic heterocycles. The first kappa shape index (κ1) is 13.4. The molecular formula is C14H19ClN2O. The van der Waals surface area contributed by atoms with Crippen LogP contribution in [0.2, 0.25) is 5.02 Å². The maximum absolute atomic E-state index is 12.3. The van der Waals surface area contributed by atoms with Gasteiger partial charge in [-0.3, -0.25) is 4.79 Å². The molecule has 1 aliphatic heterocycles. The highest BCUT2D eigenvalue weighted by molar-refractivity contribution is 6.31. The van der Waals surface area contributed by atoms with E-state index in [9.17, 15) is 4.79 Å². The molecule has 1 saturated heterocycles. The van der Waals surface area contributed by atoms with E-state index in [1.165, 1.54) is 0 Å². The zero-order valence-corrected chi connectivity index (χ0v) is 11.6. The third-order valence-corrected chi connectivity index (χ3v) is 3.67. The van der Waals surface area contributed by atoms with Gasteiger partial charge in [-0.05, 0) is 38.3 Å². The highest BCUT2D eigenvalue weighted by Gasteiger charge is 2.36. The molecule has 1 aliphatic rings. The molecule has 1 unspecified atom stereocenters. The Labute approximate surface area is 113 Å². The van der Waals surface area contributed by atoms with Crippen LogP contribution < -0.4 is 5.73 Å². The highest BCUT2D eigenvalue weighted by Crippen LogP contribution is 2.36. The van der Waals surface area contributed by atoms with E-state index in [4.69, 9.17) is 17.3 Å². The lowest BCUT2D eigenvalue weighted by Gasteiger charge is -2.31. The second kappa shape index (κ2) is 4.90. The van der Waals surface area contributed by atoms with Crippen LogP contribution in [0.15, 0.2) is 24.3 Å². The number of carbonyl (C=O) groups excluding carboxylic acids is 1. The fraction of sp³-hybridized carbons (Fsp3) is 0.500. The van der Waals surface area contributed by atoms with E-state index in [2.05, 4.69) is 0 Å². The Kier molecular flexibility index (Phi) is 3.64. The van der Waals surface area contributed by atoms with Crippen LogP contribution in [-0.2, 0) is 4.79 Å². The maximum atomic E-state index is 12.3. The maximum Gasteiger partial charge on any atom is 0.242 e. The number of nitrogens with two attached hydrogens (primary N) is 1. The van der Waals surface area contributed by atoms with Crippen LogP contribution in [0, 0.1) is 0 Å². The number of hydrogen-bond donors (Lipinski definition) is 1. The van der Waals surface area contributed by atoms with E-state index in [1.54, 1.807) is 13.8 Å². The number of amides is 1. The molecule has 18 heavy (non-hydrogen) atoms. The van der Waals surface area contributed by atoms with Gasteiger partial charge in [0.25, 0.3) is 0 Å². The summed E-state index contributed by atoms with van der Waals surface area (Å²) in [4.78, 5) is 14.2. The molecule has 0 aliphatic carbocycles. The van der Waals surface area contributed by atoms with Gasteiger partial charge in [0.2, 0.25) is 5.91 Å². The van der Waals surface area contributed by atoms with Gasteiger partial charge < -0.3 is 10.6 Å². The van der Waals surface area contributed by atoms with Crippen LogP contribution in [0.1, 0.15) is 38.3 Å². The summed E-state index contributed by atoms with van der Waals surface area (Å²) in [5, 5.41) is 0.719. The molecule has 1 atom stereocenters. The van der Waals surface area contributed by atoms with Crippen LogP contribution in [0.25, 0.3) is 0 Å². The number of nitrogens with zero attached hydrogens (tertiary/aromatic N) is 1. The minimum atomic E-state index is -0.830. The molecule has 1 aromatic rings. The molecule has 0 saturated carbocycles. The monoisotopic (exact) mass is 266 g/mol. The normalized spacial score (nSPS) is 20.2. The quantitative estimate of drug-likeness (QED) is 0.895. The number of carbonyl (C=O) groups is 1. The van der Waals surface area contributed by atoms with Crippen molar-refractivity contribution in [1.82, 2.24) is 4.90 Å². The summed E-state index contributed by atoms with van der Waals surface area (Å²) in [6, 6.07) is 7.78. The second-order valence-corrected chi connectivity index (χ2v) is 5.81. The average molecular weight is 267 g/mol. The molecule has 2 N–H and O–H groups in total. The summed E-state index contributed by atoms with van der Waals surface area (Å²) >= 11 is 6.22. The lowest BCUT2D eigenvalue weighted by atomic mass is 10.0. The minimum Gasteiger partial charge on any atom is -0.334 e. The van der Waals surface area contributed by atoms with Crippen molar-refractivity contribution in [3.8, 4) is 0 Å². The fourth-order valence-electron chi connectivity index (χ4n) is 2.45. The Morgan fingerprint density at radius 3 is 2.72 bits per heavy atom. The Morgan fingerprint density at radius 1 is 1.44 bits per heavy atom. The minimum absolute atomic E-state index is 0.00933. The highest BCUT2D eigenvalue weighted by atomic mass is 35.5. The molecule has 3 nitrogen and oxygen atoms in total. The number of halogens is 1. The molecule has 1 fully saturated rings. The SMILES string of the molecule is CC(C)(N)C(=O)N1CCCC1c1ccccc1Cl. The van der Waals surface area contributed by atoms with Gasteiger partial charge in [-0.25, -0.2) is 0 Å². The Morgan fingerprint density at radius 2 is 2.11 bits per heavy atom.